The first-order valence-electron chi connectivity index (χ1n) is 7.73. The maximum absolute atomic E-state index is 12.2. The van der Waals surface area contributed by atoms with Crippen LogP contribution >= 0.6 is 11.3 Å². The zero-order chi connectivity index (χ0) is 13.8. The first-order chi connectivity index (χ1) is 9.83. The number of amides is 1. The monoisotopic (exact) mass is 293 g/mol. The van der Waals surface area contributed by atoms with Crippen molar-refractivity contribution in [2.45, 2.75) is 51.1 Å². The number of nitrogens with one attached hydrogen (secondary N) is 1. The van der Waals surface area contributed by atoms with Crippen molar-refractivity contribution in [2.24, 2.45) is 5.92 Å². The summed E-state index contributed by atoms with van der Waals surface area (Å²) >= 11 is 1.59. The molecule has 4 nitrogen and oxygen atoms in total. The molecule has 0 aromatic carbocycles. The van der Waals surface area contributed by atoms with E-state index in [2.05, 4.69) is 15.2 Å². The van der Waals surface area contributed by atoms with Crippen molar-refractivity contribution in [2.75, 3.05) is 13.1 Å². The van der Waals surface area contributed by atoms with Crippen LogP contribution in [-0.4, -0.2) is 34.9 Å². The van der Waals surface area contributed by atoms with E-state index in [-0.39, 0.29) is 11.8 Å². The largest absolute Gasteiger partial charge is 0.349 e. The van der Waals surface area contributed by atoms with Crippen LogP contribution in [0.25, 0.3) is 0 Å². The van der Waals surface area contributed by atoms with Gasteiger partial charge in [-0.2, -0.15) is 0 Å². The van der Waals surface area contributed by atoms with Crippen LogP contribution in [-0.2, 0) is 11.3 Å². The predicted molar refractivity (Wildman–Crippen MR) is 80.5 cm³/mol. The van der Waals surface area contributed by atoms with Gasteiger partial charge in [0, 0.05) is 24.2 Å². The molecule has 1 aromatic heterocycles. The molecule has 1 atom stereocenters. The Bertz CT molecular complexity index is 428. The SMILES string of the molecule is O=C(NCc1nccs1)C1CCN(C2CCCCC2)C1. The van der Waals surface area contributed by atoms with Gasteiger partial charge in [-0.3, -0.25) is 9.69 Å². The summed E-state index contributed by atoms with van der Waals surface area (Å²) in [4.78, 5) is 19.0. The third-order valence-electron chi connectivity index (χ3n) is 4.58. The third kappa shape index (κ3) is 3.38. The minimum atomic E-state index is 0.178. The molecule has 0 spiro atoms. The van der Waals surface area contributed by atoms with Gasteiger partial charge in [-0.1, -0.05) is 19.3 Å². The lowest BCUT2D eigenvalue weighted by molar-refractivity contribution is -0.124. The fourth-order valence-corrected chi connectivity index (χ4v) is 3.98. The highest BCUT2D eigenvalue weighted by Gasteiger charge is 2.32. The normalized spacial score (nSPS) is 24.9. The summed E-state index contributed by atoms with van der Waals surface area (Å²) in [6.07, 6.45) is 9.57. The molecule has 1 saturated heterocycles. The molecule has 3 rings (SSSR count). The lowest BCUT2D eigenvalue weighted by Gasteiger charge is -2.30. The Morgan fingerprint density at radius 1 is 1.35 bits per heavy atom. The molecule has 0 bridgehead atoms. The quantitative estimate of drug-likeness (QED) is 0.927. The Balaban J connectivity index is 1.45. The molecule has 1 amide bonds. The first kappa shape index (κ1) is 14.0. The molecule has 20 heavy (non-hydrogen) atoms. The van der Waals surface area contributed by atoms with Crippen LogP contribution in [0.3, 0.4) is 0 Å². The highest BCUT2D eigenvalue weighted by Crippen LogP contribution is 2.27. The number of aromatic nitrogens is 1. The number of hydrogen-bond acceptors (Lipinski definition) is 4. The van der Waals surface area contributed by atoms with Gasteiger partial charge in [-0.25, -0.2) is 4.98 Å². The number of hydrogen-bond donors (Lipinski definition) is 1. The van der Waals surface area contributed by atoms with Gasteiger partial charge in [0.15, 0.2) is 0 Å². The van der Waals surface area contributed by atoms with Crippen molar-refractivity contribution in [3.05, 3.63) is 16.6 Å². The van der Waals surface area contributed by atoms with E-state index in [1.165, 1.54) is 32.1 Å². The van der Waals surface area contributed by atoms with Crippen LogP contribution in [0.5, 0.6) is 0 Å². The lowest BCUT2D eigenvalue weighted by atomic mass is 9.94. The molecule has 2 aliphatic rings. The maximum atomic E-state index is 12.2. The van der Waals surface area contributed by atoms with Crippen molar-refractivity contribution in [1.82, 2.24) is 15.2 Å². The second kappa shape index (κ2) is 6.68. The van der Waals surface area contributed by atoms with Gasteiger partial charge in [0.05, 0.1) is 12.5 Å². The van der Waals surface area contributed by atoms with Gasteiger partial charge >= 0.3 is 0 Å². The Morgan fingerprint density at radius 2 is 2.20 bits per heavy atom. The number of likely N-dealkylation sites (tertiary alicyclic amines) is 1. The fourth-order valence-electron chi connectivity index (χ4n) is 3.43. The molecule has 1 unspecified atom stereocenters. The molecule has 0 radical (unpaired) electrons. The Kier molecular flexibility index (Phi) is 4.68. The van der Waals surface area contributed by atoms with E-state index >= 15 is 0 Å². The molecule has 1 aliphatic heterocycles. The highest BCUT2D eigenvalue weighted by atomic mass is 32.1. The summed E-state index contributed by atoms with van der Waals surface area (Å²) < 4.78 is 0. The van der Waals surface area contributed by atoms with E-state index < -0.39 is 0 Å². The average molecular weight is 293 g/mol. The summed E-state index contributed by atoms with van der Waals surface area (Å²) in [6.45, 7) is 2.63. The van der Waals surface area contributed by atoms with Gasteiger partial charge in [-0.15, -0.1) is 11.3 Å². The number of carbonyl (C=O) groups is 1. The van der Waals surface area contributed by atoms with Crippen molar-refractivity contribution in [3.8, 4) is 0 Å². The number of carbonyl (C=O) groups excluding carboxylic acids is 1. The summed E-state index contributed by atoms with van der Waals surface area (Å²) in [5, 5.41) is 5.97. The van der Waals surface area contributed by atoms with E-state index in [1.54, 1.807) is 17.5 Å². The highest BCUT2D eigenvalue weighted by molar-refractivity contribution is 7.09. The van der Waals surface area contributed by atoms with Crippen molar-refractivity contribution in [3.63, 3.8) is 0 Å². The van der Waals surface area contributed by atoms with Gasteiger partial charge in [0.1, 0.15) is 5.01 Å². The molecule has 110 valence electrons. The van der Waals surface area contributed by atoms with Gasteiger partial charge < -0.3 is 5.32 Å². The van der Waals surface area contributed by atoms with Crippen LogP contribution in [0.15, 0.2) is 11.6 Å². The van der Waals surface area contributed by atoms with E-state index in [4.69, 9.17) is 0 Å². The second-order valence-electron chi connectivity index (χ2n) is 5.92. The van der Waals surface area contributed by atoms with Crippen LogP contribution in [0.1, 0.15) is 43.5 Å². The zero-order valence-electron chi connectivity index (χ0n) is 11.9. The third-order valence-corrected chi connectivity index (χ3v) is 5.36. The summed E-state index contributed by atoms with van der Waals surface area (Å²) in [5.41, 5.74) is 0. The Morgan fingerprint density at radius 3 is 2.95 bits per heavy atom. The Hall–Kier alpha value is -0.940. The molecule has 2 heterocycles. The molecule has 2 fully saturated rings. The first-order valence-corrected chi connectivity index (χ1v) is 8.61. The fraction of sp³-hybridized carbons (Fsp3) is 0.733. The molecule has 1 N–H and O–H groups in total. The summed E-state index contributed by atoms with van der Waals surface area (Å²) in [7, 11) is 0. The molecule has 1 aliphatic carbocycles. The second-order valence-corrected chi connectivity index (χ2v) is 6.90. The zero-order valence-corrected chi connectivity index (χ0v) is 12.7. The summed E-state index contributed by atoms with van der Waals surface area (Å²) in [5.74, 6) is 0.385. The van der Waals surface area contributed by atoms with Crippen LogP contribution in [0.4, 0.5) is 0 Å². The topological polar surface area (TPSA) is 45.2 Å². The van der Waals surface area contributed by atoms with Crippen LogP contribution in [0.2, 0.25) is 0 Å². The van der Waals surface area contributed by atoms with E-state index in [1.807, 2.05) is 5.38 Å². The van der Waals surface area contributed by atoms with Crippen LogP contribution < -0.4 is 5.32 Å². The Labute approximate surface area is 124 Å². The van der Waals surface area contributed by atoms with Crippen molar-refractivity contribution < 1.29 is 4.79 Å². The molecule has 1 aromatic rings. The molecule has 1 saturated carbocycles. The van der Waals surface area contributed by atoms with Gasteiger partial charge in [-0.05, 0) is 25.8 Å². The molecular formula is C15H23N3OS. The van der Waals surface area contributed by atoms with Crippen molar-refractivity contribution >= 4 is 17.2 Å². The minimum Gasteiger partial charge on any atom is -0.349 e. The van der Waals surface area contributed by atoms with Crippen molar-refractivity contribution in [1.29, 1.82) is 0 Å². The minimum absolute atomic E-state index is 0.178. The summed E-state index contributed by atoms with van der Waals surface area (Å²) in [6, 6.07) is 0.737. The van der Waals surface area contributed by atoms with E-state index in [9.17, 15) is 4.79 Å². The van der Waals surface area contributed by atoms with Gasteiger partial charge in [0.25, 0.3) is 0 Å². The predicted octanol–water partition coefficient (Wildman–Crippen LogP) is 2.41. The lowest BCUT2D eigenvalue weighted by Crippen LogP contribution is -2.37. The standard InChI is InChI=1S/C15H23N3OS/c19-15(17-10-14-16-7-9-20-14)12-6-8-18(11-12)13-4-2-1-3-5-13/h7,9,12-13H,1-6,8,10-11H2,(H,17,19). The molecule has 5 heteroatoms. The average Bonchev–Trinajstić information content (AvgIpc) is 3.17. The van der Waals surface area contributed by atoms with Gasteiger partial charge in [0.2, 0.25) is 5.91 Å². The van der Waals surface area contributed by atoms with Crippen LogP contribution in [0, 0.1) is 5.92 Å². The number of rotatable bonds is 4. The number of nitrogens with zero attached hydrogens (tertiary/aromatic N) is 2. The van der Waals surface area contributed by atoms with E-state index in [0.717, 1.165) is 30.6 Å². The maximum Gasteiger partial charge on any atom is 0.224 e. The number of thiazole rings is 1. The smallest absolute Gasteiger partial charge is 0.224 e. The molecular weight excluding hydrogens is 270 g/mol. The van der Waals surface area contributed by atoms with E-state index in [0.29, 0.717) is 6.54 Å².